The number of amides is 2. The molecule has 1 aromatic carbocycles. The molecule has 2 amide bonds. The molecule has 0 aliphatic carbocycles. The number of aliphatic hydroxyl groups excluding tert-OH is 1. The number of carbonyl (C=O) groups is 1. The summed E-state index contributed by atoms with van der Waals surface area (Å²) in [5.74, 6) is 0. The first-order valence-corrected chi connectivity index (χ1v) is 7.90. The van der Waals surface area contributed by atoms with Crippen LogP contribution in [-0.2, 0) is 0 Å². The van der Waals surface area contributed by atoms with Crippen LogP contribution in [0.1, 0.15) is 26.2 Å². The number of nitrogens with one attached hydrogen (secondary N) is 2. The summed E-state index contributed by atoms with van der Waals surface area (Å²) in [6, 6.07) is 7.78. The van der Waals surface area contributed by atoms with E-state index in [1.54, 1.807) is 0 Å². The molecular weight excluding hydrogens is 278 g/mol. The molecule has 0 unspecified atom stereocenters. The molecule has 1 aromatic heterocycles. The smallest absolute Gasteiger partial charge is 0.321 e. The van der Waals surface area contributed by atoms with Crippen molar-refractivity contribution in [2.75, 3.05) is 25.0 Å². The molecule has 22 heavy (non-hydrogen) atoms. The van der Waals surface area contributed by atoms with Gasteiger partial charge in [0.1, 0.15) is 0 Å². The van der Waals surface area contributed by atoms with Crippen LogP contribution in [0.3, 0.4) is 0 Å². The molecule has 1 saturated heterocycles. The van der Waals surface area contributed by atoms with Gasteiger partial charge in [-0.25, -0.2) is 4.79 Å². The molecule has 3 rings (SSSR count). The number of benzene rings is 1. The van der Waals surface area contributed by atoms with E-state index in [2.05, 4.69) is 17.2 Å². The van der Waals surface area contributed by atoms with Crippen molar-refractivity contribution in [2.24, 2.45) is 5.41 Å². The minimum atomic E-state index is -0.0578. The van der Waals surface area contributed by atoms with E-state index < -0.39 is 0 Å². The number of nitrogens with zero attached hydrogens (tertiary/aromatic N) is 1. The second-order valence-corrected chi connectivity index (χ2v) is 6.21. The van der Waals surface area contributed by atoms with E-state index in [1.807, 2.05) is 35.4 Å². The van der Waals surface area contributed by atoms with E-state index in [1.165, 1.54) is 0 Å². The number of anilines is 1. The Labute approximate surface area is 130 Å². The Balaban J connectivity index is 1.63. The number of likely N-dealkylation sites (tertiary alicyclic amines) is 1. The highest BCUT2D eigenvalue weighted by molar-refractivity contribution is 5.92. The molecule has 118 valence electrons. The monoisotopic (exact) mass is 301 g/mol. The summed E-state index contributed by atoms with van der Waals surface area (Å²) in [6.07, 6.45) is 4.58. The third-order valence-corrected chi connectivity index (χ3v) is 5.00. The molecular formula is C17H23N3O2. The average Bonchev–Trinajstić information content (AvgIpc) is 3.02. The van der Waals surface area contributed by atoms with E-state index in [9.17, 15) is 9.90 Å². The standard InChI is InChI=1S/C17H23N3O2/c1-2-17(12-21)6-9-20(10-7-17)16(22)19-14-3-4-15-13(11-14)5-8-18-15/h3-5,8,11,18,21H,2,6-7,9-10,12H2,1H3,(H,19,22). The predicted octanol–water partition coefficient (Wildman–Crippen LogP) is 3.18. The summed E-state index contributed by atoms with van der Waals surface area (Å²) >= 11 is 0. The van der Waals surface area contributed by atoms with Crippen molar-refractivity contribution < 1.29 is 9.90 Å². The highest BCUT2D eigenvalue weighted by atomic mass is 16.3. The highest BCUT2D eigenvalue weighted by Crippen LogP contribution is 2.34. The van der Waals surface area contributed by atoms with E-state index in [0.29, 0.717) is 13.1 Å². The van der Waals surface area contributed by atoms with E-state index in [0.717, 1.165) is 35.9 Å². The van der Waals surface area contributed by atoms with Gasteiger partial charge in [-0.3, -0.25) is 0 Å². The number of carbonyl (C=O) groups excluding carboxylic acids is 1. The largest absolute Gasteiger partial charge is 0.396 e. The molecule has 3 N–H and O–H groups in total. The highest BCUT2D eigenvalue weighted by Gasteiger charge is 2.33. The molecule has 0 atom stereocenters. The maximum absolute atomic E-state index is 12.4. The molecule has 1 aliphatic heterocycles. The van der Waals surface area contributed by atoms with Crippen LogP contribution >= 0.6 is 0 Å². The lowest BCUT2D eigenvalue weighted by Crippen LogP contribution is -2.46. The first-order valence-electron chi connectivity index (χ1n) is 7.90. The number of rotatable bonds is 3. The number of aliphatic hydroxyl groups is 1. The first kappa shape index (κ1) is 14.9. The third-order valence-electron chi connectivity index (χ3n) is 5.00. The summed E-state index contributed by atoms with van der Waals surface area (Å²) in [7, 11) is 0. The number of piperidine rings is 1. The number of aromatic amines is 1. The summed E-state index contributed by atoms with van der Waals surface area (Å²) < 4.78 is 0. The third kappa shape index (κ3) is 2.81. The molecule has 2 heterocycles. The van der Waals surface area contributed by atoms with Crippen molar-refractivity contribution in [3.05, 3.63) is 30.5 Å². The molecule has 0 saturated carbocycles. The van der Waals surface area contributed by atoms with Gasteiger partial charge in [-0.05, 0) is 48.9 Å². The average molecular weight is 301 g/mol. The van der Waals surface area contributed by atoms with Gasteiger partial charge in [0.15, 0.2) is 0 Å². The fourth-order valence-corrected chi connectivity index (χ4v) is 3.14. The van der Waals surface area contributed by atoms with Gasteiger partial charge in [0.2, 0.25) is 0 Å². The van der Waals surface area contributed by atoms with Crippen molar-refractivity contribution >= 4 is 22.6 Å². The van der Waals surface area contributed by atoms with E-state index in [4.69, 9.17) is 0 Å². The zero-order chi connectivity index (χ0) is 15.6. The second kappa shape index (κ2) is 6.01. The van der Waals surface area contributed by atoms with Gasteiger partial charge in [-0.2, -0.15) is 0 Å². The quantitative estimate of drug-likeness (QED) is 0.815. The Morgan fingerprint density at radius 3 is 2.82 bits per heavy atom. The topological polar surface area (TPSA) is 68.4 Å². The lowest BCUT2D eigenvalue weighted by molar-refractivity contribution is 0.0542. The SMILES string of the molecule is CCC1(CO)CCN(C(=O)Nc2ccc3[nH]ccc3c2)CC1. The Bertz CT molecular complexity index is 651. The van der Waals surface area contributed by atoms with Crippen LogP contribution in [0.15, 0.2) is 30.5 Å². The van der Waals surface area contributed by atoms with Crippen molar-refractivity contribution in [3.63, 3.8) is 0 Å². The van der Waals surface area contributed by atoms with Gasteiger partial charge in [0.25, 0.3) is 0 Å². The van der Waals surface area contributed by atoms with Crippen LogP contribution in [0.5, 0.6) is 0 Å². The van der Waals surface area contributed by atoms with Crippen LogP contribution in [-0.4, -0.2) is 40.7 Å². The maximum atomic E-state index is 12.4. The fourth-order valence-electron chi connectivity index (χ4n) is 3.14. The number of urea groups is 1. The van der Waals surface area contributed by atoms with Crippen LogP contribution in [0, 0.1) is 5.41 Å². The maximum Gasteiger partial charge on any atom is 0.321 e. The Morgan fingerprint density at radius 1 is 1.36 bits per heavy atom. The molecule has 2 aromatic rings. The number of hydrogen-bond donors (Lipinski definition) is 3. The van der Waals surface area contributed by atoms with E-state index >= 15 is 0 Å². The normalized spacial score (nSPS) is 17.6. The molecule has 0 bridgehead atoms. The van der Waals surface area contributed by atoms with Crippen LogP contribution < -0.4 is 5.32 Å². The molecule has 0 spiro atoms. The number of fused-ring (bicyclic) bond motifs is 1. The zero-order valence-corrected chi connectivity index (χ0v) is 12.9. The summed E-state index contributed by atoms with van der Waals surface area (Å²) in [6.45, 7) is 3.72. The van der Waals surface area contributed by atoms with Gasteiger partial charge in [-0.1, -0.05) is 6.92 Å². The van der Waals surface area contributed by atoms with Gasteiger partial charge < -0.3 is 20.3 Å². The minimum Gasteiger partial charge on any atom is -0.396 e. The number of hydrogen-bond acceptors (Lipinski definition) is 2. The Hall–Kier alpha value is -2.01. The fraction of sp³-hybridized carbons (Fsp3) is 0.471. The lowest BCUT2D eigenvalue weighted by atomic mass is 9.77. The predicted molar refractivity (Wildman–Crippen MR) is 87.9 cm³/mol. The number of aromatic nitrogens is 1. The molecule has 1 fully saturated rings. The Kier molecular flexibility index (Phi) is 4.07. The van der Waals surface area contributed by atoms with Crippen molar-refractivity contribution in [1.29, 1.82) is 0 Å². The summed E-state index contributed by atoms with van der Waals surface area (Å²) in [5.41, 5.74) is 1.87. The van der Waals surface area contributed by atoms with Gasteiger partial charge in [0, 0.05) is 42.5 Å². The summed E-state index contributed by atoms with van der Waals surface area (Å²) in [5, 5.41) is 13.6. The summed E-state index contributed by atoms with van der Waals surface area (Å²) in [4.78, 5) is 17.4. The van der Waals surface area contributed by atoms with Crippen LogP contribution in [0.2, 0.25) is 0 Å². The Morgan fingerprint density at radius 2 is 2.14 bits per heavy atom. The minimum absolute atomic E-state index is 0.000807. The van der Waals surface area contributed by atoms with Gasteiger partial charge in [0.05, 0.1) is 0 Å². The molecule has 5 heteroatoms. The van der Waals surface area contributed by atoms with Crippen molar-refractivity contribution in [1.82, 2.24) is 9.88 Å². The molecule has 1 aliphatic rings. The zero-order valence-electron chi connectivity index (χ0n) is 12.9. The first-order chi connectivity index (χ1) is 10.7. The van der Waals surface area contributed by atoms with Gasteiger partial charge >= 0.3 is 6.03 Å². The van der Waals surface area contributed by atoms with E-state index in [-0.39, 0.29) is 18.1 Å². The molecule has 0 radical (unpaired) electrons. The van der Waals surface area contributed by atoms with Crippen LogP contribution in [0.25, 0.3) is 10.9 Å². The van der Waals surface area contributed by atoms with Gasteiger partial charge in [-0.15, -0.1) is 0 Å². The molecule has 5 nitrogen and oxygen atoms in total. The lowest BCUT2D eigenvalue weighted by Gasteiger charge is -2.40. The van der Waals surface area contributed by atoms with Crippen molar-refractivity contribution in [2.45, 2.75) is 26.2 Å². The van der Waals surface area contributed by atoms with Crippen LogP contribution in [0.4, 0.5) is 10.5 Å². The second-order valence-electron chi connectivity index (χ2n) is 6.21. The van der Waals surface area contributed by atoms with Crippen molar-refractivity contribution in [3.8, 4) is 0 Å². The number of H-pyrrole nitrogens is 1.